The molecule has 108 valence electrons. The van der Waals surface area contributed by atoms with E-state index in [4.69, 9.17) is 0 Å². The number of hydrogen-bond donors (Lipinski definition) is 1. The largest absolute Gasteiger partial charge is 0.477 e. The van der Waals surface area contributed by atoms with Gasteiger partial charge in [0.1, 0.15) is 21.1 Å². The molecule has 0 unspecified atom stereocenters. The second-order valence-corrected chi connectivity index (χ2v) is 7.31. The number of rotatable bonds is 5. The zero-order valence-corrected chi connectivity index (χ0v) is 13.6. The third kappa shape index (κ3) is 2.95. The fourth-order valence-corrected chi connectivity index (χ4v) is 4.86. The summed E-state index contributed by atoms with van der Waals surface area (Å²) in [7, 11) is 0. The Balaban J connectivity index is 1.86. The third-order valence-corrected chi connectivity index (χ3v) is 6.01. The highest BCUT2D eigenvalue weighted by atomic mass is 32.2. The maximum Gasteiger partial charge on any atom is 0.346 e. The van der Waals surface area contributed by atoms with Crippen molar-refractivity contribution in [3.63, 3.8) is 0 Å². The Bertz CT molecular complexity index is 781. The van der Waals surface area contributed by atoms with E-state index < -0.39 is 5.97 Å². The molecular formula is C14H12N2O2S3. The molecule has 0 aromatic carbocycles. The van der Waals surface area contributed by atoms with Gasteiger partial charge < -0.3 is 5.11 Å². The van der Waals surface area contributed by atoms with Crippen molar-refractivity contribution in [3.8, 4) is 0 Å². The molecule has 0 atom stereocenters. The van der Waals surface area contributed by atoms with Crippen LogP contribution in [0.25, 0.3) is 10.2 Å². The second-order valence-electron chi connectivity index (χ2n) is 4.45. The Labute approximate surface area is 133 Å². The molecule has 0 aliphatic heterocycles. The summed E-state index contributed by atoms with van der Waals surface area (Å²) in [6, 6.07) is 2.12. The zero-order chi connectivity index (χ0) is 14.8. The average Bonchev–Trinajstić information content (AvgIpc) is 3.07. The van der Waals surface area contributed by atoms with Crippen molar-refractivity contribution in [1.82, 2.24) is 9.97 Å². The molecule has 21 heavy (non-hydrogen) atoms. The molecule has 0 amide bonds. The smallest absolute Gasteiger partial charge is 0.346 e. The van der Waals surface area contributed by atoms with Crippen molar-refractivity contribution in [3.05, 3.63) is 39.2 Å². The first-order chi connectivity index (χ1) is 10.2. The third-order valence-electron chi connectivity index (χ3n) is 3.10. The van der Waals surface area contributed by atoms with Gasteiger partial charge in [-0.2, -0.15) is 11.3 Å². The van der Waals surface area contributed by atoms with Gasteiger partial charge in [-0.3, -0.25) is 0 Å². The summed E-state index contributed by atoms with van der Waals surface area (Å²) in [4.78, 5) is 20.9. The summed E-state index contributed by atoms with van der Waals surface area (Å²) in [5.74, 6) is 0.0188. The standard InChI is InChI=1S/C14H12N2O2S3/c1-8-10-12(20-5-3-9-2-4-19-6-9)15-7-16-13(10)21-11(8)14(17)18/h2,4,6-7H,3,5H2,1H3,(H,17,18). The highest BCUT2D eigenvalue weighted by Gasteiger charge is 2.18. The maximum atomic E-state index is 11.2. The summed E-state index contributed by atoms with van der Waals surface area (Å²) < 4.78 is 0. The van der Waals surface area contributed by atoms with Gasteiger partial charge in [-0.25, -0.2) is 14.8 Å². The number of aromatic nitrogens is 2. The van der Waals surface area contributed by atoms with E-state index in [-0.39, 0.29) is 0 Å². The van der Waals surface area contributed by atoms with Gasteiger partial charge in [0.05, 0.1) is 0 Å². The van der Waals surface area contributed by atoms with Crippen molar-refractivity contribution in [1.29, 1.82) is 0 Å². The van der Waals surface area contributed by atoms with Gasteiger partial charge in [-0.15, -0.1) is 23.1 Å². The van der Waals surface area contributed by atoms with Crippen LogP contribution >= 0.6 is 34.4 Å². The molecule has 1 N–H and O–H groups in total. The van der Waals surface area contributed by atoms with Gasteiger partial charge in [0, 0.05) is 11.1 Å². The molecule has 0 bridgehead atoms. The van der Waals surface area contributed by atoms with Crippen molar-refractivity contribution < 1.29 is 9.90 Å². The summed E-state index contributed by atoms with van der Waals surface area (Å²) in [6.07, 6.45) is 2.49. The Morgan fingerprint density at radius 2 is 2.29 bits per heavy atom. The summed E-state index contributed by atoms with van der Waals surface area (Å²) in [5.41, 5.74) is 2.09. The fraction of sp³-hybridized carbons (Fsp3) is 0.214. The minimum absolute atomic E-state index is 0.352. The molecule has 0 radical (unpaired) electrons. The van der Waals surface area contributed by atoms with E-state index in [2.05, 4.69) is 26.8 Å². The lowest BCUT2D eigenvalue weighted by molar-refractivity contribution is 0.0701. The number of nitrogens with zero attached hydrogens (tertiary/aromatic N) is 2. The van der Waals surface area contributed by atoms with E-state index in [1.165, 1.54) is 23.2 Å². The quantitative estimate of drug-likeness (QED) is 0.561. The van der Waals surface area contributed by atoms with Crippen LogP contribution in [0.2, 0.25) is 0 Å². The number of carboxylic acids is 1. The van der Waals surface area contributed by atoms with Gasteiger partial charge in [0.25, 0.3) is 0 Å². The number of thiophene rings is 2. The number of fused-ring (bicyclic) bond motifs is 1. The van der Waals surface area contributed by atoms with E-state index in [1.54, 1.807) is 23.1 Å². The van der Waals surface area contributed by atoms with Crippen LogP contribution in [-0.4, -0.2) is 26.8 Å². The number of carbonyl (C=O) groups is 1. The monoisotopic (exact) mass is 336 g/mol. The first-order valence-electron chi connectivity index (χ1n) is 6.28. The molecule has 7 heteroatoms. The van der Waals surface area contributed by atoms with E-state index in [9.17, 15) is 9.90 Å². The van der Waals surface area contributed by atoms with Crippen LogP contribution in [-0.2, 0) is 6.42 Å². The van der Waals surface area contributed by atoms with Gasteiger partial charge in [-0.05, 0) is 41.3 Å². The van der Waals surface area contributed by atoms with Crippen LogP contribution < -0.4 is 0 Å². The average molecular weight is 336 g/mol. The summed E-state index contributed by atoms with van der Waals surface area (Å²) in [5, 5.41) is 15.2. The Morgan fingerprint density at radius 1 is 1.43 bits per heavy atom. The molecule has 0 spiro atoms. The van der Waals surface area contributed by atoms with Crippen LogP contribution in [0.15, 0.2) is 28.2 Å². The van der Waals surface area contributed by atoms with Crippen LogP contribution in [0.5, 0.6) is 0 Å². The van der Waals surface area contributed by atoms with Gasteiger partial charge >= 0.3 is 5.97 Å². The maximum absolute atomic E-state index is 11.2. The molecule has 0 saturated carbocycles. The molecule has 0 aliphatic carbocycles. The minimum atomic E-state index is -0.898. The Kier molecular flexibility index (Phi) is 4.23. The van der Waals surface area contributed by atoms with Crippen molar-refractivity contribution in [2.75, 3.05) is 5.75 Å². The van der Waals surface area contributed by atoms with Crippen LogP contribution in [0.3, 0.4) is 0 Å². The van der Waals surface area contributed by atoms with Crippen LogP contribution in [0, 0.1) is 6.92 Å². The molecule has 3 aromatic rings. The summed E-state index contributed by atoms with van der Waals surface area (Å²) >= 11 is 4.57. The molecule has 0 fully saturated rings. The normalized spacial score (nSPS) is 11.1. The lowest BCUT2D eigenvalue weighted by Crippen LogP contribution is -1.94. The number of thioether (sulfide) groups is 1. The molecule has 3 aromatic heterocycles. The van der Waals surface area contributed by atoms with Crippen LogP contribution in [0.1, 0.15) is 20.8 Å². The Hall–Kier alpha value is -1.44. The lowest BCUT2D eigenvalue weighted by atomic mass is 10.2. The molecule has 3 heterocycles. The highest BCUT2D eigenvalue weighted by molar-refractivity contribution is 7.99. The van der Waals surface area contributed by atoms with E-state index in [1.807, 2.05) is 6.92 Å². The van der Waals surface area contributed by atoms with Gasteiger partial charge in [0.15, 0.2) is 0 Å². The van der Waals surface area contributed by atoms with Crippen molar-refractivity contribution in [2.45, 2.75) is 18.4 Å². The van der Waals surface area contributed by atoms with Gasteiger partial charge in [0.2, 0.25) is 0 Å². The minimum Gasteiger partial charge on any atom is -0.477 e. The molecule has 0 aliphatic rings. The first kappa shape index (κ1) is 14.5. The van der Waals surface area contributed by atoms with E-state index in [0.717, 1.165) is 33.0 Å². The molecule has 0 saturated heterocycles. The van der Waals surface area contributed by atoms with E-state index >= 15 is 0 Å². The SMILES string of the molecule is Cc1c(C(=O)O)sc2ncnc(SCCc3ccsc3)c12. The number of hydrogen-bond acceptors (Lipinski definition) is 6. The predicted octanol–water partition coefficient (Wildman–Crippen LogP) is 4.09. The van der Waals surface area contributed by atoms with E-state index in [0.29, 0.717) is 4.88 Å². The second kappa shape index (κ2) is 6.13. The summed E-state index contributed by atoms with van der Waals surface area (Å²) in [6.45, 7) is 1.83. The van der Waals surface area contributed by atoms with Crippen molar-refractivity contribution >= 4 is 50.6 Å². The van der Waals surface area contributed by atoms with Crippen LogP contribution in [0.4, 0.5) is 0 Å². The molecule has 3 rings (SSSR count). The van der Waals surface area contributed by atoms with Crippen molar-refractivity contribution in [2.24, 2.45) is 0 Å². The topological polar surface area (TPSA) is 63.1 Å². The number of carboxylic acid groups (broad SMARTS) is 1. The number of aryl methyl sites for hydroxylation is 2. The first-order valence-corrected chi connectivity index (χ1v) is 9.02. The Morgan fingerprint density at radius 3 is 3.00 bits per heavy atom. The highest BCUT2D eigenvalue weighted by Crippen LogP contribution is 2.35. The lowest BCUT2D eigenvalue weighted by Gasteiger charge is -2.02. The molecule has 4 nitrogen and oxygen atoms in total. The zero-order valence-electron chi connectivity index (χ0n) is 11.2. The van der Waals surface area contributed by atoms with Gasteiger partial charge in [-0.1, -0.05) is 0 Å². The molecular weight excluding hydrogens is 324 g/mol. The fourth-order valence-electron chi connectivity index (χ4n) is 2.05. The number of aromatic carboxylic acids is 1. The predicted molar refractivity (Wildman–Crippen MR) is 87.9 cm³/mol.